The van der Waals surface area contributed by atoms with Crippen LogP contribution in [0.4, 0.5) is 0 Å². The molecule has 9 heteroatoms. The van der Waals surface area contributed by atoms with Crippen molar-refractivity contribution in [3.8, 4) is 0 Å². The van der Waals surface area contributed by atoms with E-state index in [1.54, 1.807) is 6.20 Å². The number of carbonyl (C=O) groups excluding carboxylic acids is 4. The molecule has 0 bridgehead atoms. The van der Waals surface area contributed by atoms with E-state index in [0.717, 1.165) is 16.5 Å². The Kier molecular flexibility index (Phi) is 7.44. The Hall–Kier alpha value is -2.81. The molecule has 1 aromatic heterocycles. The summed E-state index contributed by atoms with van der Waals surface area (Å²) in [6, 6.07) is 6.68. The number of para-hydroxylation sites is 1. The topological polar surface area (TPSA) is 117 Å². The summed E-state index contributed by atoms with van der Waals surface area (Å²) in [7, 11) is 1.24. The Labute approximate surface area is 174 Å². The highest BCUT2D eigenvalue weighted by Gasteiger charge is 2.37. The average molecular weight is 420 g/mol. The lowest BCUT2D eigenvalue weighted by Gasteiger charge is -2.23. The molecule has 0 saturated heterocycles. The minimum absolute atomic E-state index is 0.0150. The fourth-order valence-corrected chi connectivity index (χ4v) is 3.17. The maximum absolute atomic E-state index is 12.3. The Morgan fingerprint density at radius 2 is 1.93 bits per heavy atom. The molecule has 1 heterocycles. The quantitative estimate of drug-likeness (QED) is 0.275. The third-order valence-electron chi connectivity index (χ3n) is 4.92. The van der Waals surface area contributed by atoms with Gasteiger partial charge in [-0.2, -0.15) is 12.6 Å². The van der Waals surface area contributed by atoms with Gasteiger partial charge in [0.05, 0.1) is 13.7 Å². The molecule has 2 atom stereocenters. The minimum Gasteiger partial charge on any atom is -0.467 e. The molecule has 2 rings (SSSR count). The van der Waals surface area contributed by atoms with E-state index in [2.05, 4.69) is 28.2 Å². The van der Waals surface area contributed by atoms with E-state index in [1.165, 1.54) is 21.0 Å². The van der Waals surface area contributed by atoms with Gasteiger partial charge < -0.3 is 20.4 Å². The zero-order valence-corrected chi connectivity index (χ0v) is 17.5. The number of Topliss-reactive ketones (excluding diaryl/α,β-unsaturated/α-hetero) is 1. The Balaban J connectivity index is 2.05. The molecular weight excluding hydrogens is 394 g/mol. The maximum Gasteiger partial charge on any atom is 0.328 e. The number of H-pyrrole nitrogens is 1. The average Bonchev–Trinajstić information content (AvgIpc) is 3.12. The van der Waals surface area contributed by atoms with E-state index >= 15 is 0 Å². The summed E-state index contributed by atoms with van der Waals surface area (Å²) in [5.41, 5.74) is 0.439. The molecule has 0 aliphatic heterocycles. The van der Waals surface area contributed by atoms with E-state index in [0.29, 0.717) is 0 Å². The number of esters is 1. The Bertz CT molecular complexity index is 926. The van der Waals surface area contributed by atoms with Gasteiger partial charge in [0, 0.05) is 29.3 Å². The van der Waals surface area contributed by atoms with E-state index in [-0.39, 0.29) is 24.5 Å². The highest BCUT2D eigenvalue weighted by molar-refractivity contribution is 7.80. The van der Waals surface area contributed by atoms with Gasteiger partial charge in [0.2, 0.25) is 11.8 Å². The fourth-order valence-electron chi connectivity index (χ4n) is 2.80. The van der Waals surface area contributed by atoms with Crippen LogP contribution in [-0.4, -0.2) is 54.0 Å². The smallest absolute Gasteiger partial charge is 0.328 e. The molecule has 0 aliphatic carbocycles. The van der Waals surface area contributed by atoms with Crippen molar-refractivity contribution in [2.45, 2.75) is 26.3 Å². The van der Waals surface area contributed by atoms with Crippen molar-refractivity contribution in [1.29, 1.82) is 0 Å². The van der Waals surface area contributed by atoms with Crippen LogP contribution in [0.3, 0.4) is 0 Å². The number of nitrogens with one attached hydrogen (secondary N) is 3. The Morgan fingerprint density at radius 1 is 1.24 bits per heavy atom. The maximum atomic E-state index is 12.3. The van der Waals surface area contributed by atoms with Crippen LogP contribution in [0.15, 0.2) is 30.5 Å². The monoisotopic (exact) mass is 419 g/mol. The van der Waals surface area contributed by atoms with Crippen molar-refractivity contribution >= 4 is 47.1 Å². The van der Waals surface area contributed by atoms with Crippen LogP contribution in [0.2, 0.25) is 0 Å². The van der Waals surface area contributed by atoms with Gasteiger partial charge in [-0.1, -0.05) is 18.2 Å². The molecule has 0 fully saturated rings. The SMILES string of the molecule is COC(=O)C(Cc1c[nH]c2ccccc12)NC(=O)CNC(=O)[C@@](C)(CS)C(C)=O. The largest absolute Gasteiger partial charge is 0.467 e. The van der Waals surface area contributed by atoms with Crippen LogP contribution in [0.25, 0.3) is 10.9 Å². The van der Waals surface area contributed by atoms with E-state index in [9.17, 15) is 19.2 Å². The normalized spacial score (nSPS) is 13.9. The van der Waals surface area contributed by atoms with Crippen molar-refractivity contribution in [2.75, 3.05) is 19.4 Å². The number of carbonyl (C=O) groups is 4. The first-order valence-electron chi connectivity index (χ1n) is 9.05. The number of ether oxygens (including phenoxy) is 1. The molecule has 2 amide bonds. The number of hydrogen-bond donors (Lipinski definition) is 4. The third-order valence-corrected chi connectivity index (χ3v) is 5.56. The van der Waals surface area contributed by atoms with Crippen LogP contribution >= 0.6 is 12.6 Å². The van der Waals surface area contributed by atoms with Crippen molar-refractivity contribution in [3.05, 3.63) is 36.0 Å². The zero-order valence-electron chi connectivity index (χ0n) is 16.6. The van der Waals surface area contributed by atoms with E-state index < -0.39 is 29.2 Å². The highest BCUT2D eigenvalue weighted by Crippen LogP contribution is 2.20. The molecule has 156 valence electrons. The summed E-state index contributed by atoms with van der Waals surface area (Å²) in [6.07, 6.45) is 2.00. The van der Waals surface area contributed by atoms with Gasteiger partial charge in [-0.3, -0.25) is 14.4 Å². The molecule has 0 saturated carbocycles. The van der Waals surface area contributed by atoms with Crippen LogP contribution in [0.1, 0.15) is 19.4 Å². The summed E-state index contributed by atoms with van der Waals surface area (Å²) in [4.78, 5) is 51.5. The van der Waals surface area contributed by atoms with Gasteiger partial charge in [0.25, 0.3) is 0 Å². The molecule has 1 aromatic carbocycles. The summed E-state index contributed by atoms with van der Waals surface area (Å²) in [6.45, 7) is 2.38. The lowest BCUT2D eigenvalue weighted by atomic mass is 9.87. The number of fused-ring (bicyclic) bond motifs is 1. The van der Waals surface area contributed by atoms with Gasteiger partial charge in [0.15, 0.2) is 0 Å². The van der Waals surface area contributed by atoms with Crippen molar-refractivity contribution in [1.82, 2.24) is 15.6 Å². The number of aromatic amines is 1. The van der Waals surface area contributed by atoms with Crippen molar-refractivity contribution in [2.24, 2.45) is 5.41 Å². The molecule has 0 radical (unpaired) electrons. The highest BCUT2D eigenvalue weighted by atomic mass is 32.1. The summed E-state index contributed by atoms with van der Waals surface area (Å²) in [5.74, 6) is -2.10. The van der Waals surface area contributed by atoms with Crippen LogP contribution in [-0.2, 0) is 30.3 Å². The number of aromatic nitrogens is 1. The van der Waals surface area contributed by atoms with Crippen LogP contribution in [0.5, 0.6) is 0 Å². The number of ketones is 1. The predicted octanol–water partition coefficient (Wildman–Crippen LogP) is 1.01. The molecule has 8 nitrogen and oxygen atoms in total. The molecule has 2 aromatic rings. The number of hydrogen-bond acceptors (Lipinski definition) is 6. The lowest BCUT2D eigenvalue weighted by Crippen LogP contribution is -2.50. The summed E-state index contributed by atoms with van der Waals surface area (Å²) < 4.78 is 4.80. The molecule has 0 spiro atoms. The predicted molar refractivity (Wildman–Crippen MR) is 112 cm³/mol. The lowest BCUT2D eigenvalue weighted by molar-refractivity contribution is -0.145. The van der Waals surface area contributed by atoms with Gasteiger partial charge in [-0.05, 0) is 25.5 Å². The molecular formula is C20H25N3O5S. The van der Waals surface area contributed by atoms with Gasteiger partial charge >= 0.3 is 5.97 Å². The van der Waals surface area contributed by atoms with E-state index in [4.69, 9.17) is 4.74 Å². The number of rotatable bonds is 9. The first-order valence-corrected chi connectivity index (χ1v) is 9.68. The fraction of sp³-hybridized carbons (Fsp3) is 0.400. The zero-order chi connectivity index (χ0) is 21.6. The van der Waals surface area contributed by atoms with Gasteiger partial charge in [0.1, 0.15) is 17.2 Å². The number of benzene rings is 1. The Morgan fingerprint density at radius 3 is 2.55 bits per heavy atom. The molecule has 1 unspecified atom stereocenters. The van der Waals surface area contributed by atoms with Crippen molar-refractivity contribution in [3.63, 3.8) is 0 Å². The van der Waals surface area contributed by atoms with Crippen LogP contribution < -0.4 is 10.6 Å². The second kappa shape index (κ2) is 9.60. The first-order chi connectivity index (χ1) is 13.7. The molecule has 29 heavy (non-hydrogen) atoms. The van der Waals surface area contributed by atoms with E-state index in [1.807, 2.05) is 24.3 Å². The second-order valence-electron chi connectivity index (χ2n) is 6.94. The summed E-state index contributed by atoms with van der Waals surface area (Å²) in [5, 5.41) is 5.95. The first kappa shape index (κ1) is 22.5. The van der Waals surface area contributed by atoms with Gasteiger partial charge in [-0.25, -0.2) is 4.79 Å². The van der Waals surface area contributed by atoms with Gasteiger partial charge in [-0.15, -0.1) is 0 Å². The summed E-state index contributed by atoms with van der Waals surface area (Å²) >= 11 is 4.05. The molecule has 3 N–H and O–H groups in total. The number of amides is 2. The van der Waals surface area contributed by atoms with Crippen molar-refractivity contribution < 1.29 is 23.9 Å². The number of thiol groups is 1. The van der Waals surface area contributed by atoms with Crippen LogP contribution in [0, 0.1) is 5.41 Å². The minimum atomic E-state index is -1.32. The standard InChI is InChI=1S/C20H25N3O5S/c1-12(24)20(2,11-29)19(27)22-10-17(25)23-16(18(26)28-3)8-13-9-21-15-7-5-4-6-14(13)15/h4-7,9,16,21,29H,8,10-11H2,1-3H3,(H,22,27)(H,23,25)/t16?,20-/m0/s1. The second-order valence-corrected chi connectivity index (χ2v) is 7.25. The molecule has 0 aliphatic rings. The number of methoxy groups -OCH3 is 1. The third kappa shape index (κ3) is 5.17.